The van der Waals surface area contributed by atoms with Gasteiger partial charge in [0.15, 0.2) is 0 Å². The maximum atomic E-state index is 13.3. The van der Waals surface area contributed by atoms with Gasteiger partial charge >= 0.3 is 6.18 Å². The summed E-state index contributed by atoms with van der Waals surface area (Å²) in [6, 6.07) is 4.66. The topological polar surface area (TPSA) is 46.8 Å². The van der Waals surface area contributed by atoms with E-state index in [2.05, 4.69) is 26.9 Å². The molecular formula is C18H18F3N5. The highest BCUT2D eigenvalue weighted by molar-refractivity contribution is 5.90. The zero-order chi connectivity index (χ0) is 18.3. The highest BCUT2D eigenvalue weighted by atomic mass is 19.4. The van der Waals surface area contributed by atoms with Gasteiger partial charge in [0.05, 0.1) is 17.3 Å². The summed E-state index contributed by atoms with van der Waals surface area (Å²) >= 11 is 0. The SMILES string of the molecule is C[C@@H]1C[C@H](n2cccn2)CN(c2ccc(C(F)(F)F)c3nccnc23)C1. The number of rotatable bonds is 2. The number of alkyl halides is 3. The molecule has 0 saturated carbocycles. The fraction of sp³-hybridized carbons (Fsp3) is 0.389. The fourth-order valence-corrected chi connectivity index (χ4v) is 3.73. The summed E-state index contributed by atoms with van der Waals surface area (Å²) in [5.41, 5.74) is 0.116. The summed E-state index contributed by atoms with van der Waals surface area (Å²) in [4.78, 5) is 10.3. The van der Waals surface area contributed by atoms with E-state index < -0.39 is 11.7 Å². The van der Waals surface area contributed by atoms with Gasteiger partial charge in [0.1, 0.15) is 11.0 Å². The summed E-state index contributed by atoms with van der Waals surface area (Å²) in [5.74, 6) is 0.381. The molecule has 5 nitrogen and oxygen atoms in total. The van der Waals surface area contributed by atoms with E-state index in [1.54, 1.807) is 6.20 Å². The van der Waals surface area contributed by atoms with Crippen molar-refractivity contribution in [2.24, 2.45) is 5.92 Å². The first kappa shape index (κ1) is 16.8. The highest BCUT2D eigenvalue weighted by Crippen LogP contribution is 2.38. The lowest BCUT2D eigenvalue weighted by molar-refractivity contribution is -0.136. The van der Waals surface area contributed by atoms with Gasteiger partial charge < -0.3 is 4.90 Å². The van der Waals surface area contributed by atoms with Crippen molar-refractivity contribution >= 4 is 16.7 Å². The molecule has 1 fully saturated rings. The van der Waals surface area contributed by atoms with Crippen molar-refractivity contribution in [3.05, 3.63) is 48.5 Å². The van der Waals surface area contributed by atoms with Gasteiger partial charge in [-0.3, -0.25) is 14.6 Å². The lowest BCUT2D eigenvalue weighted by atomic mass is 9.95. The molecule has 0 spiro atoms. The van der Waals surface area contributed by atoms with Crippen LogP contribution in [-0.2, 0) is 6.18 Å². The summed E-state index contributed by atoms with van der Waals surface area (Å²) in [6.07, 6.45) is 2.91. The van der Waals surface area contributed by atoms with E-state index in [0.29, 0.717) is 18.2 Å². The minimum Gasteiger partial charge on any atom is -0.367 e. The average Bonchev–Trinajstić information content (AvgIpc) is 3.14. The first-order valence-electron chi connectivity index (χ1n) is 8.48. The Hall–Kier alpha value is -2.64. The fourth-order valence-electron chi connectivity index (χ4n) is 3.73. The van der Waals surface area contributed by atoms with Crippen molar-refractivity contribution in [3.8, 4) is 0 Å². The van der Waals surface area contributed by atoms with Gasteiger partial charge in [-0.1, -0.05) is 6.92 Å². The molecule has 0 aliphatic carbocycles. The monoisotopic (exact) mass is 361 g/mol. The van der Waals surface area contributed by atoms with E-state index in [4.69, 9.17) is 0 Å². The third kappa shape index (κ3) is 3.00. The van der Waals surface area contributed by atoms with Gasteiger partial charge in [0.2, 0.25) is 0 Å². The zero-order valence-corrected chi connectivity index (χ0v) is 14.2. The van der Waals surface area contributed by atoms with E-state index in [1.165, 1.54) is 18.5 Å². The normalized spacial score (nSPS) is 21.3. The van der Waals surface area contributed by atoms with Gasteiger partial charge in [-0.05, 0) is 30.5 Å². The van der Waals surface area contributed by atoms with Crippen LogP contribution in [0.4, 0.5) is 18.9 Å². The molecule has 8 heteroatoms. The van der Waals surface area contributed by atoms with Crippen molar-refractivity contribution in [2.45, 2.75) is 25.6 Å². The van der Waals surface area contributed by atoms with Gasteiger partial charge in [-0.25, -0.2) is 0 Å². The molecule has 2 atom stereocenters. The minimum absolute atomic E-state index is 0.105. The standard InChI is InChI=1S/C18H18F3N5/c1-12-9-13(26-8-2-5-24-26)11-25(10-12)15-4-3-14(18(19,20)21)16-17(15)23-7-6-22-16/h2-8,12-13H,9-11H2,1H3/t12-,13+/m1/s1. The van der Waals surface area contributed by atoms with Crippen LogP contribution in [0.15, 0.2) is 43.0 Å². The van der Waals surface area contributed by atoms with E-state index >= 15 is 0 Å². The molecule has 4 rings (SSSR count). The number of benzene rings is 1. The highest BCUT2D eigenvalue weighted by Gasteiger charge is 2.35. The van der Waals surface area contributed by atoms with E-state index in [0.717, 1.165) is 19.0 Å². The predicted octanol–water partition coefficient (Wildman–Crippen LogP) is 3.93. The lowest BCUT2D eigenvalue weighted by Gasteiger charge is -2.38. The minimum atomic E-state index is -4.46. The molecule has 3 heterocycles. The second-order valence-corrected chi connectivity index (χ2v) is 6.77. The molecule has 2 aromatic heterocycles. The molecule has 26 heavy (non-hydrogen) atoms. The Balaban J connectivity index is 1.77. The molecule has 0 radical (unpaired) electrons. The Morgan fingerprint density at radius 1 is 1.04 bits per heavy atom. The smallest absolute Gasteiger partial charge is 0.367 e. The molecule has 1 aliphatic rings. The summed E-state index contributed by atoms with van der Waals surface area (Å²) < 4.78 is 41.8. The van der Waals surface area contributed by atoms with Crippen molar-refractivity contribution in [3.63, 3.8) is 0 Å². The summed E-state index contributed by atoms with van der Waals surface area (Å²) in [6.45, 7) is 3.57. The third-order valence-corrected chi connectivity index (χ3v) is 4.79. The van der Waals surface area contributed by atoms with Crippen LogP contribution >= 0.6 is 0 Å². The number of fused-ring (bicyclic) bond motifs is 1. The van der Waals surface area contributed by atoms with Crippen molar-refractivity contribution in [2.75, 3.05) is 18.0 Å². The van der Waals surface area contributed by atoms with E-state index in [-0.39, 0.29) is 17.1 Å². The quantitative estimate of drug-likeness (QED) is 0.694. The second-order valence-electron chi connectivity index (χ2n) is 6.77. The molecule has 136 valence electrons. The molecule has 1 aromatic carbocycles. The maximum Gasteiger partial charge on any atom is 0.418 e. The molecule has 0 bridgehead atoms. The van der Waals surface area contributed by atoms with Crippen molar-refractivity contribution < 1.29 is 13.2 Å². The largest absolute Gasteiger partial charge is 0.418 e. The Labute approximate surface area is 148 Å². The number of piperidine rings is 1. The van der Waals surface area contributed by atoms with Crippen molar-refractivity contribution in [1.82, 2.24) is 19.7 Å². The van der Waals surface area contributed by atoms with Gasteiger partial charge in [0.25, 0.3) is 0 Å². The molecule has 1 aliphatic heterocycles. The second kappa shape index (κ2) is 6.26. The van der Waals surface area contributed by atoms with Crippen LogP contribution < -0.4 is 4.90 Å². The van der Waals surface area contributed by atoms with Crippen LogP contribution in [0, 0.1) is 5.92 Å². The third-order valence-electron chi connectivity index (χ3n) is 4.79. The molecular weight excluding hydrogens is 343 g/mol. The number of halogens is 3. The number of nitrogens with zero attached hydrogens (tertiary/aromatic N) is 5. The molecule has 0 amide bonds. The Morgan fingerprint density at radius 2 is 1.81 bits per heavy atom. The molecule has 1 saturated heterocycles. The molecule has 0 unspecified atom stereocenters. The molecule has 3 aromatic rings. The lowest BCUT2D eigenvalue weighted by Crippen LogP contribution is -2.41. The Morgan fingerprint density at radius 3 is 2.50 bits per heavy atom. The van der Waals surface area contributed by atoms with Crippen molar-refractivity contribution in [1.29, 1.82) is 0 Å². The van der Waals surface area contributed by atoms with Crippen LogP contribution in [0.2, 0.25) is 0 Å². The average molecular weight is 361 g/mol. The maximum absolute atomic E-state index is 13.3. The van der Waals surface area contributed by atoms with E-state index in [1.807, 2.05) is 16.9 Å². The van der Waals surface area contributed by atoms with Gasteiger partial charge in [-0.2, -0.15) is 18.3 Å². The Bertz CT molecular complexity index is 907. The number of anilines is 1. The summed E-state index contributed by atoms with van der Waals surface area (Å²) in [7, 11) is 0. The number of aromatic nitrogens is 4. The number of hydrogen-bond donors (Lipinski definition) is 0. The van der Waals surface area contributed by atoms with Gasteiger partial charge in [-0.15, -0.1) is 0 Å². The first-order chi connectivity index (χ1) is 12.4. The van der Waals surface area contributed by atoms with Crippen LogP contribution in [0.3, 0.4) is 0 Å². The first-order valence-corrected chi connectivity index (χ1v) is 8.48. The Kier molecular flexibility index (Phi) is 4.05. The van der Waals surface area contributed by atoms with Gasteiger partial charge in [0, 0.05) is 37.9 Å². The summed E-state index contributed by atoms with van der Waals surface area (Å²) in [5, 5.41) is 4.32. The van der Waals surface area contributed by atoms with E-state index in [9.17, 15) is 13.2 Å². The zero-order valence-electron chi connectivity index (χ0n) is 14.2. The molecule has 0 N–H and O–H groups in total. The van der Waals surface area contributed by atoms with Crippen LogP contribution in [0.1, 0.15) is 24.9 Å². The van der Waals surface area contributed by atoms with Crippen LogP contribution in [0.5, 0.6) is 0 Å². The van der Waals surface area contributed by atoms with Crippen LogP contribution in [-0.4, -0.2) is 32.8 Å². The number of hydrogen-bond acceptors (Lipinski definition) is 4. The predicted molar refractivity (Wildman–Crippen MR) is 91.8 cm³/mol. The van der Waals surface area contributed by atoms with Crippen LogP contribution in [0.25, 0.3) is 11.0 Å².